The number of hydrogen-bond donors (Lipinski definition) is 1. The number of carbonyl (C=O) groups excluding carboxylic acids is 1. The van der Waals surface area contributed by atoms with Crippen molar-refractivity contribution in [2.24, 2.45) is 5.92 Å². The van der Waals surface area contributed by atoms with E-state index < -0.39 is 0 Å². The van der Waals surface area contributed by atoms with E-state index in [2.05, 4.69) is 10.2 Å². The van der Waals surface area contributed by atoms with Crippen LogP contribution >= 0.6 is 11.8 Å². The van der Waals surface area contributed by atoms with E-state index in [4.69, 9.17) is 9.47 Å². The Bertz CT molecular complexity index is 498. The predicted molar refractivity (Wildman–Crippen MR) is 93.2 cm³/mol. The molecule has 128 valence electrons. The maximum Gasteiger partial charge on any atom is 0.230 e. The van der Waals surface area contributed by atoms with Crippen LogP contribution in [0.1, 0.15) is 6.42 Å². The molecule has 6 heteroatoms. The maximum atomic E-state index is 12.0. The minimum Gasteiger partial charge on any atom is -0.497 e. The zero-order chi connectivity index (χ0) is 16.5. The lowest BCUT2D eigenvalue weighted by Gasteiger charge is -2.15. The smallest absolute Gasteiger partial charge is 0.230 e. The van der Waals surface area contributed by atoms with Gasteiger partial charge in [-0.2, -0.15) is 0 Å². The van der Waals surface area contributed by atoms with E-state index in [0.29, 0.717) is 11.7 Å². The Hall–Kier alpha value is -1.24. The molecule has 1 aliphatic heterocycles. The average Bonchev–Trinajstić information content (AvgIpc) is 3.04. The van der Waals surface area contributed by atoms with Crippen molar-refractivity contribution < 1.29 is 14.3 Å². The Kier molecular flexibility index (Phi) is 7.71. The van der Waals surface area contributed by atoms with Crippen LogP contribution in [0.4, 0.5) is 0 Å². The van der Waals surface area contributed by atoms with Gasteiger partial charge in [0.15, 0.2) is 0 Å². The van der Waals surface area contributed by atoms with Gasteiger partial charge < -0.3 is 19.7 Å². The first-order valence-corrected chi connectivity index (χ1v) is 8.94. The summed E-state index contributed by atoms with van der Waals surface area (Å²) in [7, 11) is 3.38. The van der Waals surface area contributed by atoms with Gasteiger partial charge in [0.05, 0.1) is 19.5 Å². The molecule has 0 unspecified atom stereocenters. The van der Waals surface area contributed by atoms with Crippen LogP contribution in [0.15, 0.2) is 29.2 Å². The summed E-state index contributed by atoms with van der Waals surface area (Å²) in [6.07, 6.45) is 1.15. The molecule has 1 aromatic rings. The highest BCUT2D eigenvalue weighted by molar-refractivity contribution is 8.00. The molecule has 0 spiro atoms. The van der Waals surface area contributed by atoms with Crippen molar-refractivity contribution in [1.29, 1.82) is 0 Å². The predicted octanol–water partition coefficient (Wildman–Crippen LogP) is 1.87. The fourth-order valence-corrected chi connectivity index (χ4v) is 3.43. The van der Waals surface area contributed by atoms with Crippen LogP contribution in [0.25, 0.3) is 0 Å². The van der Waals surface area contributed by atoms with Gasteiger partial charge in [0, 0.05) is 31.6 Å². The van der Waals surface area contributed by atoms with E-state index in [1.54, 1.807) is 14.2 Å². The third kappa shape index (κ3) is 6.41. The zero-order valence-corrected chi connectivity index (χ0v) is 14.7. The summed E-state index contributed by atoms with van der Waals surface area (Å²) >= 11 is 1.53. The van der Waals surface area contributed by atoms with Gasteiger partial charge in [0.2, 0.25) is 5.91 Å². The molecule has 23 heavy (non-hydrogen) atoms. The van der Waals surface area contributed by atoms with Gasteiger partial charge in [0.25, 0.3) is 0 Å². The Morgan fingerprint density at radius 2 is 2.30 bits per heavy atom. The van der Waals surface area contributed by atoms with Gasteiger partial charge in [-0.25, -0.2) is 0 Å². The lowest BCUT2D eigenvalue weighted by molar-refractivity contribution is -0.118. The van der Waals surface area contributed by atoms with Crippen molar-refractivity contribution in [3.8, 4) is 5.75 Å². The van der Waals surface area contributed by atoms with Gasteiger partial charge in [-0.15, -0.1) is 11.8 Å². The Labute approximate surface area is 142 Å². The molecule has 0 aliphatic carbocycles. The lowest BCUT2D eigenvalue weighted by atomic mass is 10.1. The van der Waals surface area contributed by atoms with Crippen LogP contribution in [0, 0.1) is 5.92 Å². The number of benzene rings is 1. The topological polar surface area (TPSA) is 50.8 Å². The van der Waals surface area contributed by atoms with Crippen LogP contribution in [0.2, 0.25) is 0 Å². The van der Waals surface area contributed by atoms with Crippen molar-refractivity contribution >= 4 is 17.7 Å². The first kappa shape index (κ1) is 18.1. The van der Waals surface area contributed by atoms with E-state index in [-0.39, 0.29) is 5.91 Å². The quantitative estimate of drug-likeness (QED) is 0.697. The van der Waals surface area contributed by atoms with Crippen molar-refractivity contribution in [3.63, 3.8) is 0 Å². The van der Waals surface area contributed by atoms with Gasteiger partial charge in [-0.1, -0.05) is 6.07 Å². The maximum absolute atomic E-state index is 12.0. The van der Waals surface area contributed by atoms with E-state index in [0.717, 1.165) is 49.9 Å². The summed E-state index contributed by atoms with van der Waals surface area (Å²) in [4.78, 5) is 15.4. The molecular weight excluding hydrogens is 312 g/mol. The van der Waals surface area contributed by atoms with Gasteiger partial charge in [0.1, 0.15) is 5.75 Å². The van der Waals surface area contributed by atoms with E-state index >= 15 is 0 Å². The summed E-state index contributed by atoms with van der Waals surface area (Å²) < 4.78 is 10.3. The average molecular weight is 338 g/mol. The molecule has 1 heterocycles. The summed E-state index contributed by atoms with van der Waals surface area (Å²) in [5.74, 6) is 1.90. The first-order chi connectivity index (χ1) is 11.2. The third-order valence-corrected chi connectivity index (χ3v) is 4.97. The second-order valence-electron chi connectivity index (χ2n) is 5.72. The minimum atomic E-state index is 0.0909. The van der Waals surface area contributed by atoms with Crippen LogP contribution in [-0.4, -0.2) is 63.6 Å². The number of hydrogen-bond acceptors (Lipinski definition) is 5. The molecule has 1 aliphatic rings. The van der Waals surface area contributed by atoms with Crippen LogP contribution < -0.4 is 10.1 Å². The summed E-state index contributed by atoms with van der Waals surface area (Å²) in [6.45, 7) is 4.67. The number of likely N-dealkylation sites (tertiary alicyclic amines) is 1. The van der Waals surface area contributed by atoms with Gasteiger partial charge in [-0.3, -0.25) is 4.79 Å². The molecule has 1 N–H and O–H groups in total. The SMILES string of the molecule is COCCN1CC[C@@H](CNC(=O)CSc2cccc(OC)c2)C1. The molecule has 0 radical (unpaired) electrons. The Morgan fingerprint density at radius 1 is 1.43 bits per heavy atom. The van der Waals surface area contributed by atoms with Crippen molar-refractivity contribution in [1.82, 2.24) is 10.2 Å². The molecule has 1 atom stereocenters. The largest absolute Gasteiger partial charge is 0.497 e. The molecule has 1 fully saturated rings. The normalized spacial score (nSPS) is 18.1. The van der Waals surface area contributed by atoms with E-state index in [1.165, 1.54) is 11.8 Å². The molecule has 2 rings (SSSR count). The summed E-state index contributed by atoms with van der Waals surface area (Å²) in [5.41, 5.74) is 0. The molecule has 1 saturated heterocycles. The van der Waals surface area contributed by atoms with Crippen molar-refractivity contribution in [2.75, 3.05) is 52.8 Å². The van der Waals surface area contributed by atoms with Gasteiger partial charge >= 0.3 is 0 Å². The monoisotopic (exact) mass is 338 g/mol. The molecule has 1 amide bonds. The van der Waals surface area contributed by atoms with Crippen LogP contribution in [0.5, 0.6) is 5.75 Å². The van der Waals surface area contributed by atoms with Crippen LogP contribution in [0.3, 0.4) is 0 Å². The standard InChI is InChI=1S/C17H26N2O3S/c1-21-9-8-19-7-6-14(12-19)11-18-17(20)13-23-16-5-3-4-15(10-16)22-2/h3-5,10,14H,6-9,11-13H2,1-2H3,(H,18,20)/t14-/m0/s1. The molecular formula is C17H26N2O3S. The second kappa shape index (κ2) is 9.80. The number of nitrogens with one attached hydrogen (secondary N) is 1. The minimum absolute atomic E-state index is 0.0909. The zero-order valence-electron chi connectivity index (χ0n) is 13.9. The fourth-order valence-electron chi connectivity index (χ4n) is 2.65. The molecule has 0 bridgehead atoms. The number of rotatable bonds is 9. The Balaban J connectivity index is 1.63. The van der Waals surface area contributed by atoms with Gasteiger partial charge in [-0.05, 0) is 37.1 Å². The summed E-state index contributed by atoms with van der Waals surface area (Å²) in [6, 6.07) is 7.78. The highest BCUT2D eigenvalue weighted by atomic mass is 32.2. The number of amides is 1. The Morgan fingerprint density at radius 3 is 3.09 bits per heavy atom. The first-order valence-electron chi connectivity index (χ1n) is 7.96. The highest BCUT2D eigenvalue weighted by Crippen LogP contribution is 2.22. The summed E-state index contributed by atoms with van der Waals surface area (Å²) in [5, 5.41) is 3.05. The molecule has 0 saturated carbocycles. The number of nitrogens with zero attached hydrogens (tertiary/aromatic N) is 1. The van der Waals surface area contributed by atoms with E-state index in [9.17, 15) is 4.79 Å². The highest BCUT2D eigenvalue weighted by Gasteiger charge is 2.22. The molecule has 1 aromatic carbocycles. The number of ether oxygens (including phenoxy) is 2. The van der Waals surface area contributed by atoms with Crippen molar-refractivity contribution in [3.05, 3.63) is 24.3 Å². The van der Waals surface area contributed by atoms with Crippen molar-refractivity contribution in [2.45, 2.75) is 11.3 Å². The fraction of sp³-hybridized carbons (Fsp3) is 0.588. The third-order valence-electron chi connectivity index (χ3n) is 3.98. The lowest BCUT2D eigenvalue weighted by Crippen LogP contribution is -2.32. The number of methoxy groups -OCH3 is 2. The number of carbonyl (C=O) groups is 1. The molecule has 0 aromatic heterocycles. The van der Waals surface area contributed by atoms with Crippen LogP contribution in [-0.2, 0) is 9.53 Å². The number of thioether (sulfide) groups is 1. The second-order valence-corrected chi connectivity index (χ2v) is 6.77. The van der Waals surface area contributed by atoms with E-state index in [1.807, 2.05) is 24.3 Å². The molecule has 5 nitrogen and oxygen atoms in total.